The molecule has 0 unspecified atom stereocenters. The van der Waals surface area contributed by atoms with E-state index in [1.54, 1.807) is 7.05 Å². The lowest BCUT2D eigenvalue weighted by Gasteiger charge is -2.22. The van der Waals surface area contributed by atoms with Crippen molar-refractivity contribution >= 4 is 29.9 Å². The van der Waals surface area contributed by atoms with E-state index in [2.05, 4.69) is 10.3 Å². The summed E-state index contributed by atoms with van der Waals surface area (Å²) in [4.78, 5) is 6.36. The fraction of sp³-hybridized carbons (Fsp3) is 0.389. The number of hydrogen-bond acceptors (Lipinski definition) is 3. The molecular weight excluding hydrogens is 417 g/mol. The van der Waals surface area contributed by atoms with Crippen molar-refractivity contribution in [2.45, 2.75) is 20.4 Å². The van der Waals surface area contributed by atoms with Crippen LogP contribution in [0.5, 0.6) is 5.75 Å². The quantitative estimate of drug-likeness (QED) is 0.421. The van der Waals surface area contributed by atoms with Crippen molar-refractivity contribution in [3.05, 3.63) is 53.5 Å². The molecule has 1 N–H and O–H groups in total. The van der Waals surface area contributed by atoms with Crippen LogP contribution in [0.15, 0.2) is 45.8 Å². The second-order valence-corrected chi connectivity index (χ2v) is 5.42. The van der Waals surface area contributed by atoms with Crippen LogP contribution in [0.4, 0.5) is 0 Å². The minimum atomic E-state index is 0. The molecule has 1 heterocycles. The van der Waals surface area contributed by atoms with Crippen LogP contribution in [0.3, 0.4) is 0 Å². The van der Waals surface area contributed by atoms with Gasteiger partial charge in [0.15, 0.2) is 5.96 Å². The average molecular weight is 443 g/mol. The molecule has 0 fully saturated rings. The van der Waals surface area contributed by atoms with Gasteiger partial charge in [-0.1, -0.05) is 18.2 Å². The van der Waals surface area contributed by atoms with Crippen LogP contribution >= 0.6 is 24.0 Å². The lowest BCUT2D eigenvalue weighted by atomic mass is 10.2. The Hall–Kier alpha value is -1.70. The summed E-state index contributed by atoms with van der Waals surface area (Å²) in [6, 6.07) is 11.9. The predicted molar refractivity (Wildman–Crippen MR) is 108 cm³/mol. The van der Waals surface area contributed by atoms with Crippen molar-refractivity contribution < 1.29 is 9.15 Å². The topological polar surface area (TPSA) is 50.0 Å². The van der Waals surface area contributed by atoms with Gasteiger partial charge in [-0.15, -0.1) is 24.0 Å². The van der Waals surface area contributed by atoms with E-state index < -0.39 is 0 Å². The van der Waals surface area contributed by atoms with E-state index in [1.165, 1.54) is 0 Å². The highest BCUT2D eigenvalue weighted by Gasteiger charge is 2.09. The number of guanidine groups is 1. The molecule has 1 aromatic carbocycles. The summed E-state index contributed by atoms with van der Waals surface area (Å²) >= 11 is 0. The number of para-hydroxylation sites is 1. The molecule has 2 aromatic rings. The summed E-state index contributed by atoms with van der Waals surface area (Å²) in [5, 5.41) is 3.35. The summed E-state index contributed by atoms with van der Waals surface area (Å²) in [5.41, 5.74) is 1.15. The van der Waals surface area contributed by atoms with Crippen LogP contribution in [0.1, 0.15) is 17.1 Å². The molecule has 6 heteroatoms. The molecule has 0 saturated heterocycles. The van der Waals surface area contributed by atoms with Crippen molar-refractivity contribution in [2.24, 2.45) is 4.99 Å². The minimum Gasteiger partial charge on any atom is -0.492 e. The Kier molecular flexibility index (Phi) is 8.67. The molecule has 0 atom stereocenters. The second-order valence-electron chi connectivity index (χ2n) is 5.42. The zero-order chi connectivity index (χ0) is 16.7. The lowest BCUT2D eigenvalue weighted by Crippen LogP contribution is -2.40. The Balaban J connectivity index is 0.00000288. The number of nitrogens with zero attached hydrogens (tertiary/aromatic N) is 2. The lowest BCUT2D eigenvalue weighted by molar-refractivity contribution is 0.281. The molecule has 0 spiro atoms. The van der Waals surface area contributed by atoms with Crippen LogP contribution < -0.4 is 10.1 Å². The summed E-state index contributed by atoms with van der Waals surface area (Å²) in [6.45, 7) is 5.98. The van der Waals surface area contributed by atoms with Crippen LogP contribution in [0.2, 0.25) is 0 Å². The van der Waals surface area contributed by atoms with E-state index in [0.29, 0.717) is 13.2 Å². The maximum absolute atomic E-state index is 5.72. The molecule has 5 nitrogen and oxygen atoms in total. The molecule has 0 saturated carbocycles. The Labute approximate surface area is 161 Å². The van der Waals surface area contributed by atoms with Gasteiger partial charge in [0.2, 0.25) is 0 Å². The molecule has 0 aliphatic rings. The van der Waals surface area contributed by atoms with Crippen molar-refractivity contribution in [1.82, 2.24) is 10.2 Å². The molecule has 0 aliphatic heterocycles. The van der Waals surface area contributed by atoms with Gasteiger partial charge >= 0.3 is 0 Å². The van der Waals surface area contributed by atoms with E-state index in [0.717, 1.165) is 35.3 Å². The number of benzene rings is 1. The Morgan fingerprint density at radius 3 is 2.54 bits per heavy atom. The highest BCUT2D eigenvalue weighted by Crippen LogP contribution is 2.13. The van der Waals surface area contributed by atoms with Gasteiger partial charge in [-0.25, -0.2) is 0 Å². The van der Waals surface area contributed by atoms with Gasteiger partial charge in [-0.2, -0.15) is 0 Å². The number of hydrogen-bond donors (Lipinski definition) is 1. The normalized spacial score (nSPS) is 10.9. The molecule has 0 radical (unpaired) electrons. The van der Waals surface area contributed by atoms with E-state index in [4.69, 9.17) is 9.15 Å². The van der Waals surface area contributed by atoms with Crippen molar-refractivity contribution in [3.8, 4) is 5.75 Å². The van der Waals surface area contributed by atoms with Gasteiger partial charge in [-0.3, -0.25) is 4.99 Å². The maximum atomic E-state index is 5.72. The smallest absolute Gasteiger partial charge is 0.193 e. The van der Waals surface area contributed by atoms with E-state index in [9.17, 15) is 0 Å². The van der Waals surface area contributed by atoms with E-state index in [-0.39, 0.29) is 24.0 Å². The molecule has 24 heavy (non-hydrogen) atoms. The molecule has 0 bridgehead atoms. The Bertz CT molecular complexity index is 641. The highest BCUT2D eigenvalue weighted by atomic mass is 127. The molecule has 2 rings (SSSR count). The van der Waals surface area contributed by atoms with Gasteiger partial charge < -0.3 is 19.4 Å². The molecular formula is C18H26IN3O2. The third kappa shape index (κ3) is 6.07. The van der Waals surface area contributed by atoms with Crippen molar-refractivity contribution in [1.29, 1.82) is 0 Å². The largest absolute Gasteiger partial charge is 0.492 e. The van der Waals surface area contributed by atoms with E-state index >= 15 is 0 Å². The van der Waals surface area contributed by atoms with Gasteiger partial charge in [0, 0.05) is 26.2 Å². The minimum absolute atomic E-state index is 0. The fourth-order valence-electron chi connectivity index (χ4n) is 2.34. The highest BCUT2D eigenvalue weighted by molar-refractivity contribution is 14.0. The number of halogens is 1. The number of likely N-dealkylation sites (N-methyl/N-ethyl adjacent to an activating group) is 1. The first-order valence-electron chi connectivity index (χ1n) is 7.75. The van der Waals surface area contributed by atoms with Crippen LogP contribution in [0, 0.1) is 13.8 Å². The number of ether oxygens (including phenoxy) is 1. The standard InChI is InChI=1S/C18H25N3O2.HI/c1-14-12-16(15(2)23-14)13-20-18(19-3)21(4)10-11-22-17-8-6-5-7-9-17;/h5-9,12H,10-11,13H2,1-4H3,(H,19,20);1H. The third-order valence-electron chi connectivity index (χ3n) is 3.59. The SMILES string of the molecule is CN=C(NCc1cc(C)oc1C)N(C)CCOc1ccccc1.I. The van der Waals surface area contributed by atoms with Crippen molar-refractivity contribution in [2.75, 3.05) is 27.2 Å². The van der Waals surface area contributed by atoms with Crippen LogP contribution in [0.25, 0.3) is 0 Å². The first kappa shape index (κ1) is 20.3. The number of furan rings is 1. The summed E-state index contributed by atoms with van der Waals surface area (Å²) in [5.74, 6) is 3.59. The predicted octanol–water partition coefficient (Wildman–Crippen LogP) is 3.60. The van der Waals surface area contributed by atoms with Crippen molar-refractivity contribution in [3.63, 3.8) is 0 Å². The number of rotatable bonds is 6. The van der Waals surface area contributed by atoms with Crippen LogP contribution in [-0.4, -0.2) is 38.1 Å². The first-order valence-corrected chi connectivity index (χ1v) is 7.75. The summed E-state index contributed by atoms with van der Waals surface area (Å²) in [6.07, 6.45) is 0. The van der Waals surface area contributed by atoms with Gasteiger partial charge in [0.1, 0.15) is 23.9 Å². The number of aryl methyl sites for hydroxylation is 2. The zero-order valence-electron chi connectivity index (χ0n) is 14.7. The average Bonchev–Trinajstić information content (AvgIpc) is 2.87. The Morgan fingerprint density at radius 2 is 1.96 bits per heavy atom. The zero-order valence-corrected chi connectivity index (χ0v) is 17.0. The Morgan fingerprint density at radius 1 is 1.25 bits per heavy atom. The molecule has 0 amide bonds. The van der Waals surface area contributed by atoms with E-state index in [1.807, 2.05) is 62.2 Å². The number of aliphatic imine (C=N–C) groups is 1. The second kappa shape index (κ2) is 10.2. The molecule has 0 aliphatic carbocycles. The first-order chi connectivity index (χ1) is 11.1. The third-order valence-corrected chi connectivity index (χ3v) is 3.59. The molecule has 132 valence electrons. The summed E-state index contributed by atoms with van der Waals surface area (Å²) in [7, 11) is 3.78. The molecule has 1 aromatic heterocycles. The fourth-order valence-corrected chi connectivity index (χ4v) is 2.34. The van der Waals surface area contributed by atoms with Gasteiger partial charge in [0.25, 0.3) is 0 Å². The number of nitrogens with one attached hydrogen (secondary N) is 1. The monoisotopic (exact) mass is 443 g/mol. The van der Waals surface area contributed by atoms with Gasteiger partial charge in [-0.05, 0) is 32.0 Å². The van der Waals surface area contributed by atoms with Crippen LogP contribution in [-0.2, 0) is 6.54 Å². The van der Waals surface area contributed by atoms with Gasteiger partial charge in [0.05, 0.1) is 6.54 Å². The summed E-state index contributed by atoms with van der Waals surface area (Å²) < 4.78 is 11.3. The maximum Gasteiger partial charge on any atom is 0.193 e.